The summed E-state index contributed by atoms with van der Waals surface area (Å²) in [5.74, 6) is 1.09. The van der Waals surface area contributed by atoms with Gasteiger partial charge >= 0.3 is 0 Å². The number of methoxy groups -OCH3 is 1. The highest BCUT2D eigenvalue weighted by Crippen LogP contribution is 2.27. The second kappa shape index (κ2) is 4.14. The zero-order chi connectivity index (χ0) is 9.84. The molecule has 0 atom stereocenters. The Hall–Kier alpha value is -1.22. The first-order valence-corrected chi connectivity index (χ1v) is 4.25. The number of hydrogen-bond acceptors (Lipinski definition) is 3. The average molecular weight is 181 g/mol. The molecule has 1 aromatic carbocycles. The Bertz CT molecular complexity index is 297. The first kappa shape index (κ1) is 9.86. The van der Waals surface area contributed by atoms with E-state index in [0.29, 0.717) is 18.7 Å². The minimum atomic E-state index is 0.325. The quantitative estimate of drug-likeness (QED) is 0.737. The van der Waals surface area contributed by atoms with Gasteiger partial charge in [-0.15, -0.1) is 0 Å². The maximum Gasteiger partial charge on any atom is 0.121 e. The number of nitrogens with two attached hydrogens (primary N) is 1. The minimum Gasteiger partial charge on any atom is -0.507 e. The molecular weight excluding hydrogens is 166 g/mol. The average Bonchev–Trinajstić information content (AvgIpc) is 2.13. The lowest BCUT2D eigenvalue weighted by atomic mass is 10.1. The van der Waals surface area contributed by atoms with E-state index in [1.807, 2.05) is 13.0 Å². The molecule has 0 heterocycles. The van der Waals surface area contributed by atoms with Crippen LogP contribution in [0.25, 0.3) is 0 Å². The van der Waals surface area contributed by atoms with Crippen LogP contribution >= 0.6 is 0 Å². The van der Waals surface area contributed by atoms with Gasteiger partial charge in [-0.3, -0.25) is 0 Å². The van der Waals surface area contributed by atoms with Crippen molar-refractivity contribution in [2.24, 2.45) is 5.73 Å². The predicted octanol–water partition coefficient (Wildman–Crippen LogP) is 1.21. The summed E-state index contributed by atoms with van der Waals surface area (Å²) in [4.78, 5) is 0. The molecular formula is C10H15NO2. The summed E-state index contributed by atoms with van der Waals surface area (Å²) in [6.07, 6.45) is 0.671. The van der Waals surface area contributed by atoms with Crippen molar-refractivity contribution in [1.82, 2.24) is 0 Å². The van der Waals surface area contributed by atoms with Crippen LogP contribution in [0.15, 0.2) is 12.1 Å². The highest BCUT2D eigenvalue weighted by Gasteiger charge is 2.06. The van der Waals surface area contributed by atoms with Crippen molar-refractivity contribution < 1.29 is 9.84 Å². The lowest BCUT2D eigenvalue weighted by Gasteiger charge is -2.08. The molecule has 0 unspecified atom stereocenters. The van der Waals surface area contributed by atoms with Crippen LogP contribution in [0.5, 0.6) is 11.5 Å². The summed E-state index contributed by atoms with van der Waals surface area (Å²) in [7, 11) is 1.61. The molecule has 0 aromatic heterocycles. The third-order valence-corrected chi connectivity index (χ3v) is 2.00. The van der Waals surface area contributed by atoms with Crippen LogP contribution in [0.3, 0.4) is 0 Å². The van der Waals surface area contributed by atoms with E-state index >= 15 is 0 Å². The van der Waals surface area contributed by atoms with Crippen LogP contribution in [-0.4, -0.2) is 18.8 Å². The standard InChI is InChI=1S/C10H15NO2/c1-7-5-9(13-2)6-8(3-4-11)10(7)12/h5-6,12H,3-4,11H2,1-2H3. The zero-order valence-electron chi connectivity index (χ0n) is 8.00. The lowest BCUT2D eigenvalue weighted by molar-refractivity contribution is 0.409. The fraction of sp³-hybridized carbons (Fsp3) is 0.400. The van der Waals surface area contributed by atoms with Crippen LogP contribution in [0.2, 0.25) is 0 Å². The number of aryl methyl sites for hydroxylation is 1. The number of hydrogen-bond donors (Lipinski definition) is 2. The summed E-state index contributed by atoms with van der Waals surface area (Å²) in [5, 5.41) is 9.64. The van der Waals surface area contributed by atoms with Crippen molar-refractivity contribution in [1.29, 1.82) is 0 Å². The fourth-order valence-corrected chi connectivity index (χ4v) is 1.28. The third kappa shape index (κ3) is 2.12. The molecule has 72 valence electrons. The van der Waals surface area contributed by atoms with Gasteiger partial charge in [-0.05, 0) is 43.1 Å². The highest BCUT2D eigenvalue weighted by molar-refractivity contribution is 5.45. The van der Waals surface area contributed by atoms with E-state index in [2.05, 4.69) is 0 Å². The minimum absolute atomic E-state index is 0.325. The molecule has 3 nitrogen and oxygen atoms in total. The van der Waals surface area contributed by atoms with Crippen LogP contribution in [0.1, 0.15) is 11.1 Å². The van der Waals surface area contributed by atoms with Crippen molar-refractivity contribution >= 4 is 0 Å². The normalized spacial score (nSPS) is 10.1. The molecule has 0 saturated carbocycles. The van der Waals surface area contributed by atoms with Crippen molar-refractivity contribution in [3.05, 3.63) is 23.3 Å². The number of phenols is 1. The molecule has 1 rings (SSSR count). The Morgan fingerprint density at radius 2 is 2.15 bits per heavy atom. The van der Waals surface area contributed by atoms with Crippen LogP contribution in [0, 0.1) is 6.92 Å². The van der Waals surface area contributed by atoms with Gasteiger partial charge in [-0.25, -0.2) is 0 Å². The van der Waals surface area contributed by atoms with Gasteiger partial charge in [-0.1, -0.05) is 0 Å². The molecule has 3 N–H and O–H groups in total. The molecule has 0 aliphatic heterocycles. The molecule has 13 heavy (non-hydrogen) atoms. The predicted molar refractivity (Wildman–Crippen MR) is 52.2 cm³/mol. The molecule has 0 radical (unpaired) electrons. The topological polar surface area (TPSA) is 55.5 Å². The van der Waals surface area contributed by atoms with Gasteiger partial charge in [-0.2, -0.15) is 0 Å². The van der Waals surface area contributed by atoms with Crippen molar-refractivity contribution in [2.75, 3.05) is 13.7 Å². The number of ether oxygens (including phenoxy) is 1. The molecule has 3 heteroatoms. The van der Waals surface area contributed by atoms with E-state index in [4.69, 9.17) is 10.5 Å². The molecule has 0 saturated heterocycles. The summed E-state index contributed by atoms with van der Waals surface area (Å²) in [6.45, 7) is 2.37. The molecule has 0 fully saturated rings. The second-order valence-corrected chi connectivity index (χ2v) is 2.99. The van der Waals surface area contributed by atoms with Crippen molar-refractivity contribution in [3.8, 4) is 11.5 Å². The first-order valence-electron chi connectivity index (χ1n) is 4.25. The van der Waals surface area contributed by atoms with Gasteiger partial charge in [0, 0.05) is 0 Å². The van der Waals surface area contributed by atoms with Crippen LogP contribution in [0.4, 0.5) is 0 Å². The highest BCUT2D eigenvalue weighted by atomic mass is 16.5. The molecule has 0 aliphatic carbocycles. The summed E-state index contributed by atoms with van der Waals surface area (Å²) in [5.41, 5.74) is 7.09. The number of aromatic hydroxyl groups is 1. The molecule has 0 spiro atoms. The second-order valence-electron chi connectivity index (χ2n) is 2.99. The number of benzene rings is 1. The third-order valence-electron chi connectivity index (χ3n) is 2.00. The first-order chi connectivity index (χ1) is 6.19. The maximum atomic E-state index is 9.64. The lowest BCUT2D eigenvalue weighted by Crippen LogP contribution is -2.03. The Morgan fingerprint density at radius 1 is 1.46 bits per heavy atom. The van der Waals surface area contributed by atoms with Gasteiger partial charge in [0.05, 0.1) is 7.11 Å². The van der Waals surface area contributed by atoms with Gasteiger partial charge in [0.25, 0.3) is 0 Å². The van der Waals surface area contributed by atoms with E-state index in [0.717, 1.165) is 16.9 Å². The van der Waals surface area contributed by atoms with E-state index in [9.17, 15) is 5.11 Å². The zero-order valence-corrected chi connectivity index (χ0v) is 8.00. The largest absolute Gasteiger partial charge is 0.507 e. The number of phenolic OH excluding ortho intramolecular Hbond substituents is 1. The van der Waals surface area contributed by atoms with E-state index < -0.39 is 0 Å². The molecule has 1 aromatic rings. The van der Waals surface area contributed by atoms with E-state index in [1.165, 1.54) is 0 Å². The van der Waals surface area contributed by atoms with Crippen molar-refractivity contribution in [3.63, 3.8) is 0 Å². The summed E-state index contributed by atoms with van der Waals surface area (Å²) in [6, 6.07) is 3.62. The maximum absolute atomic E-state index is 9.64. The van der Waals surface area contributed by atoms with Gasteiger partial charge in [0.1, 0.15) is 11.5 Å². The number of rotatable bonds is 3. The SMILES string of the molecule is COc1cc(C)c(O)c(CCN)c1. The van der Waals surface area contributed by atoms with Gasteiger partial charge < -0.3 is 15.6 Å². The van der Waals surface area contributed by atoms with Gasteiger partial charge in [0.15, 0.2) is 0 Å². The van der Waals surface area contributed by atoms with Crippen LogP contribution < -0.4 is 10.5 Å². The van der Waals surface area contributed by atoms with E-state index in [1.54, 1.807) is 13.2 Å². The molecule has 0 bridgehead atoms. The summed E-state index contributed by atoms with van der Waals surface area (Å²) >= 11 is 0. The fourth-order valence-electron chi connectivity index (χ4n) is 1.28. The Balaban J connectivity index is 3.09. The van der Waals surface area contributed by atoms with E-state index in [-0.39, 0.29) is 0 Å². The van der Waals surface area contributed by atoms with Crippen LogP contribution in [-0.2, 0) is 6.42 Å². The Labute approximate surface area is 78.1 Å². The summed E-state index contributed by atoms with van der Waals surface area (Å²) < 4.78 is 5.09. The molecule has 0 aliphatic rings. The van der Waals surface area contributed by atoms with Gasteiger partial charge in [0.2, 0.25) is 0 Å². The smallest absolute Gasteiger partial charge is 0.121 e. The Kier molecular flexibility index (Phi) is 3.14. The monoisotopic (exact) mass is 181 g/mol. The van der Waals surface area contributed by atoms with Crippen molar-refractivity contribution in [2.45, 2.75) is 13.3 Å². The Morgan fingerprint density at radius 3 is 2.69 bits per heavy atom. The molecule has 0 amide bonds.